The minimum atomic E-state index is -0.339. The molecule has 0 atom stereocenters. The van der Waals surface area contributed by atoms with Crippen LogP contribution in [0.4, 0.5) is 5.69 Å². The van der Waals surface area contributed by atoms with Crippen LogP contribution in [0.1, 0.15) is 12.0 Å². The normalized spacial score (nSPS) is 16.0. The van der Waals surface area contributed by atoms with Gasteiger partial charge in [0.05, 0.1) is 19.0 Å². The molecule has 1 aromatic carbocycles. The van der Waals surface area contributed by atoms with Crippen LogP contribution in [0, 0.1) is 0 Å². The Hall–Kier alpha value is -2.05. The number of benzene rings is 1. The molecule has 128 valence electrons. The van der Waals surface area contributed by atoms with Gasteiger partial charge in [-0.2, -0.15) is 5.10 Å². The van der Waals surface area contributed by atoms with Gasteiger partial charge < -0.3 is 9.64 Å². The molecular formula is C17H21ClN4O2. The van der Waals surface area contributed by atoms with E-state index in [1.54, 1.807) is 13.3 Å². The van der Waals surface area contributed by atoms with E-state index < -0.39 is 0 Å². The molecule has 3 rings (SSSR count). The van der Waals surface area contributed by atoms with Crippen LogP contribution in [-0.2, 0) is 6.54 Å². The average molecular weight is 349 g/mol. The second kappa shape index (κ2) is 7.68. The lowest BCUT2D eigenvalue weighted by atomic mass is 10.2. The van der Waals surface area contributed by atoms with Crippen LogP contribution < -0.4 is 15.2 Å². The van der Waals surface area contributed by atoms with Gasteiger partial charge in [0.15, 0.2) is 0 Å². The smallest absolute Gasteiger partial charge is 0.285 e. The van der Waals surface area contributed by atoms with Crippen molar-refractivity contribution in [2.45, 2.75) is 13.0 Å². The van der Waals surface area contributed by atoms with Gasteiger partial charge in [0.2, 0.25) is 0 Å². The first-order valence-corrected chi connectivity index (χ1v) is 8.38. The number of hydrogen-bond acceptors (Lipinski definition) is 5. The number of anilines is 1. The molecule has 0 saturated carbocycles. The van der Waals surface area contributed by atoms with Gasteiger partial charge >= 0.3 is 0 Å². The summed E-state index contributed by atoms with van der Waals surface area (Å²) in [5.41, 5.74) is 1.64. The third kappa shape index (κ3) is 3.88. The van der Waals surface area contributed by atoms with Crippen molar-refractivity contribution in [2.75, 3.05) is 38.2 Å². The number of H-pyrrole nitrogens is 1. The fourth-order valence-electron chi connectivity index (χ4n) is 2.95. The molecule has 1 aliphatic rings. The summed E-state index contributed by atoms with van der Waals surface area (Å²) >= 11 is 6.12. The van der Waals surface area contributed by atoms with Crippen LogP contribution >= 0.6 is 11.6 Å². The van der Waals surface area contributed by atoms with Crippen molar-refractivity contribution in [1.29, 1.82) is 0 Å². The fraction of sp³-hybridized carbons (Fsp3) is 0.412. The van der Waals surface area contributed by atoms with E-state index in [0.717, 1.165) is 44.9 Å². The summed E-state index contributed by atoms with van der Waals surface area (Å²) in [6, 6.07) is 8.17. The first-order valence-electron chi connectivity index (χ1n) is 8.01. The first-order chi connectivity index (χ1) is 11.7. The largest absolute Gasteiger partial charge is 0.497 e. The van der Waals surface area contributed by atoms with E-state index in [1.165, 1.54) is 5.56 Å². The molecule has 2 aromatic rings. The summed E-state index contributed by atoms with van der Waals surface area (Å²) < 4.78 is 5.20. The van der Waals surface area contributed by atoms with Gasteiger partial charge in [-0.05, 0) is 24.1 Å². The minimum absolute atomic E-state index is 0.216. The van der Waals surface area contributed by atoms with E-state index in [-0.39, 0.29) is 10.6 Å². The highest BCUT2D eigenvalue weighted by Crippen LogP contribution is 2.22. The van der Waals surface area contributed by atoms with E-state index >= 15 is 0 Å². The van der Waals surface area contributed by atoms with Crippen molar-refractivity contribution in [3.63, 3.8) is 0 Å². The van der Waals surface area contributed by atoms with Crippen LogP contribution in [0.25, 0.3) is 0 Å². The lowest BCUT2D eigenvalue weighted by molar-refractivity contribution is 0.285. The predicted octanol–water partition coefficient (Wildman–Crippen LogP) is 2.14. The number of nitrogens with zero attached hydrogens (tertiary/aromatic N) is 3. The lowest BCUT2D eigenvalue weighted by Gasteiger charge is -2.23. The van der Waals surface area contributed by atoms with E-state index in [1.807, 2.05) is 12.1 Å². The lowest BCUT2D eigenvalue weighted by Crippen LogP contribution is -2.31. The Morgan fingerprint density at radius 1 is 1.21 bits per heavy atom. The molecule has 24 heavy (non-hydrogen) atoms. The van der Waals surface area contributed by atoms with Crippen molar-refractivity contribution in [2.24, 2.45) is 0 Å². The van der Waals surface area contributed by atoms with Gasteiger partial charge in [-0.3, -0.25) is 9.69 Å². The molecule has 0 amide bonds. The molecule has 1 saturated heterocycles. The maximum atomic E-state index is 11.6. The van der Waals surface area contributed by atoms with Crippen molar-refractivity contribution >= 4 is 17.3 Å². The zero-order valence-corrected chi connectivity index (χ0v) is 14.4. The van der Waals surface area contributed by atoms with Crippen molar-refractivity contribution in [3.8, 4) is 5.75 Å². The molecule has 0 unspecified atom stereocenters. The second-order valence-corrected chi connectivity index (χ2v) is 6.24. The van der Waals surface area contributed by atoms with E-state index in [9.17, 15) is 4.79 Å². The summed E-state index contributed by atoms with van der Waals surface area (Å²) in [6.45, 7) is 4.51. The molecule has 1 N–H and O–H groups in total. The molecule has 2 heterocycles. The highest BCUT2D eigenvalue weighted by Gasteiger charge is 2.18. The maximum Gasteiger partial charge on any atom is 0.285 e. The molecule has 0 bridgehead atoms. The third-order valence-corrected chi connectivity index (χ3v) is 4.64. The van der Waals surface area contributed by atoms with Gasteiger partial charge in [0.25, 0.3) is 5.56 Å². The number of ether oxygens (including phenoxy) is 1. The van der Waals surface area contributed by atoms with Crippen LogP contribution in [0.5, 0.6) is 5.75 Å². The number of aromatic nitrogens is 2. The summed E-state index contributed by atoms with van der Waals surface area (Å²) in [5, 5.41) is 6.44. The summed E-state index contributed by atoms with van der Waals surface area (Å²) in [4.78, 5) is 16.2. The number of halogens is 1. The van der Waals surface area contributed by atoms with Gasteiger partial charge in [0, 0.05) is 32.7 Å². The molecule has 1 fully saturated rings. The van der Waals surface area contributed by atoms with E-state index in [0.29, 0.717) is 5.69 Å². The molecule has 0 aliphatic carbocycles. The number of hydrogen-bond donors (Lipinski definition) is 1. The van der Waals surface area contributed by atoms with Crippen LogP contribution in [-0.4, -0.2) is 48.4 Å². The molecular weight excluding hydrogens is 328 g/mol. The topological polar surface area (TPSA) is 61.5 Å². The Kier molecular flexibility index (Phi) is 5.37. The molecule has 1 aromatic heterocycles. The molecule has 7 heteroatoms. The van der Waals surface area contributed by atoms with Crippen molar-refractivity contribution in [1.82, 2.24) is 15.1 Å². The Morgan fingerprint density at radius 2 is 2.00 bits per heavy atom. The minimum Gasteiger partial charge on any atom is -0.497 e. The molecule has 6 nitrogen and oxygen atoms in total. The van der Waals surface area contributed by atoms with Gasteiger partial charge in [-0.15, -0.1) is 0 Å². The Labute approximate surface area is 146 Å². The third-order valence-electron chi connectivity index (χ3n) is 4.27. The molecule has 0 spiro atoms. The van der Waals surface area contributed by atoms with E-state index in [4.69, 9.17) is 16.3 Å². The SMILES string of the molecule is COc1ccc(CN2CCCN(c3cn[nH]c(=O)c3Cl)CC2)cc1. The predicted molar refractivity (Wildman–Crippen MR) is 95.0 cm³/mol. The number of methoxy groups -OCH3 is 1. The van der Waals surface area contributed by atoms with Gasteiger partial charge in [0.1, 0.15) is 10.8 Å². The standard InChI is InChI=1S/C17H21ClN4O2/c1-24-14-5-3-13(4-6-14)12-21-7-2-8-22(10-9-21)15-11-19-20-17(23)16(15)18/h3-6,11H,2,7-10,12H2,1H3,(H,20,23). The second-order valence-electron chi connectivity index (χ2n) is 5.86. The highest BCUT2D eigenvalue weighted by atomic mass is 35.5. The summed E-state index contributed by atoms with van der Waals surface area (Å²) in [6.07, 6.45) is 2.64. The summed E-state index contributed by atoms with van der Waals surface area (Å²) in [5.74, 6) is 0.872. The van der Waals surface area contributed by atoms with Crippen LogP contribution in [0.2, 0.25) is 5.02 Å². The molecule has 0 radical (unpaired) electrons. The van der Waals surface area contributed by atoms with E-state index in [2.05, 4.69) is 32.1 Å². The Bertz CT molecular complexity index is 732. The number of nitrogens with one attached hydrogen (secondary N) is 1. The van der Waals surface area contributed by atoms with Crippen molar-refractivity contribution < 1.29 is 4.74 Å². The molecule has 1 aliphatic heterocycles. The average Bonchev–Trinajstić information content (AvgIpc) is 2.84. The van der Waals surface area contributed by atoms with Gasteiger partial charge in [-0.1, -0.05) is 23.7 Å². The Balaban J connectivity index is 1.64. The first kappa shape index (κ1) is 16.8. The van der Waals surface area contributed by atoms with Crippen LogP contribution in [0.15, 0.2) is 35.3 Å². The fourth-order valence-corrected chi connectivity index (χ4v) is 3.16. The zero-order chi connectivity index (χ0) is 16.9. The zero-order valence-electron chi connectivity index (χ0n) is 13.7. The summed E-state index contributed by atoms with van der Waals surface area (Å²) in [7, 11) is 1.67. The number of rotatable bonds is 4. The highest BCUT2D eigenvalue weighted by molar-refractivity contribution is 6.32. The number of aromatic amines is 1. The quantitative estimate of drug-likeness (QED) is 0.917. The maximum absolute atomic E-state index is 11.6. The monoisotopic (exact) mass is 348 g/mol. The van der Waals surface area contributed by atoms with Gasteiger partial charge in [-0.25, -0.2) is 5.10 Å². The van der Waals surface area contributed by atoms with Crippen molar-refractivity contribution in [3.05, 3.63) is 51.4 Å². The van der Waals surface area contributed by atoms with Crippen LogP contribution in [0.3, 0.4) is 0 Å². The Morgan fingerprint density at radius 3 is 2.75 bits per heavy atom.